The SMILES string of the molecule is C=C1C=C(Nc2ccccc2C(=C)C2C=C2/C=C\C=C/C)C(C)C(=C)/C(=C\C(C)C)O1. The van der Waals surface area contributed by atoms with Gasteiger partial charge in [-0.05, 0) is 41.7 Å². The summed E-state index contributed by atoms with van der Waals surface area (Å²) in [6.07, 6.45) is 14.6. The maximum Gasteiger partial charge on any atom is 0.126 e. The van der Waals surface area contributed by atoms with Gasteiger partial charge >= 0.3 is 0 Å². The number of ether oxygens (including phenoxy) is 1. The van der Waals surface area contributed by atoms with Crippen molar-refractivity contribution < 1.29 is 4.74 Å². The Labute approximate surface area is 187 Å². The van der Waals surface area contributed by atoms with Crippen LogP contribution in [0.15, 0.2) is 115 Å². The average Bonchev–Trinajstić information content (AvgIpc) is 3.51. The third-order valence-electron chi connectivity index (χ3n) is 5.48. The van der Waals surface area contributed by atoms with E-state index in [1.165, 1.54) is 5.57 Å². The first kappa shape index (κ1) is 22.4. The molecule has 1 heterocycles. The van der Waals surface area contributed by atoms with Crippen LogP contribution in [0.1, 0.15) is 33.3 Å². The van der Waals surface area contributed by atoms with Crippen LogP contribution in [-0.4, -0.2) is 0 Å². The summed E-state index contributed by atoms with van der Waals surface area (Å²) in [6.45, 7) is 21.2. The van der Waals surface area contributed by atoms with E-state index in [-0.39, 0.29) is 5.92 Å². The van der Waals surface area contributed by atoms with E-state index in [0.29, 0.717) is 17.6 Å². The van der Waals surface area contributed by atoms with Gasteiger partial charge in [-0.2, -0.15) is 0 Å². The fourth-order valence-corrected chi connectivity index (χ4v) is 3.60. The number of anilines is 1. The highest BCUT2D eigenvalue weighted by molar-refractivity contribution is 5.83. The van der Waals surface area contributed by atoms with Crippen molar-refractivity contribution in [1.29, 1.82) is 0 Å². The smallest absolute Gasteiger partial charge is 0.126 e. The molecular weight excluding hydrogens is 378 g/mol. The van der Waals surface area contributed by atoms with Crippen molar-refractivity contribution in [3.05, 3.63) is 120 Å². The Balaban J connectivity index is 1.82. The molecule has 1 aromatic carbocycles. The maximum absolute atomic E-state index is 5.97. The highest BCUT2D eigenvalue weighted by atomic mass is 16.5. The summed E-state index contributed by atoms with van der Waals surface area (Å²) in [5.41, 5.74) is 6.50. The number of para-hydroxylation sites is 1. The normalized spacial score (nSPS) is 22.5. The van der Waals surface area contributed by atoms with E-state index in [1.807, 2.05) is 31.2 Å². The van der Waals surface area contributed by atoms with Gasteiger partial charge in [0.05, 0.1) is 0 Å². The maximum atomic E-state index is 5.97. The van der Waals surface area contributed by atoms with Gasteiger partial charge in [-0.15, -0.1) is 0 Å². The van der Waals surface area contributed by atoms with Crippen molar-refractivity contribution >= 4 is 11.3 Å². The third-order valence-corrected chi connectivity index (χ3v) is 5.48. The van der Waals surface area contributed by atoms with Crippen molar-refractivity contribution in [2.24, 2.45) is 17.8 Å². The van der Waals surface area contributed by atoms with Gasteiger partial charge < -0.3 is 10.1 Å². The molecule has 160 valence electrons. The monoisotopic (exact) mass is 411 g/mol. The Morgan fingerprint density at radius 3 is 2.61 bits per heavy atom. The first-order valence-electron chi connectivity index (χ1n) is 10.9. The molecule has 1 aliphatic carbocycles. The lowest BCUT2D eigenvalue weighted by atomic mass is 9.94. The Morgan fingerprint density at radius 2 is 1.90 bits per heavy atom. The molecule has 0 aromatic heterocycles. The number of hydrogen-bond donors (Lipinski definition) is 1. The van der Waals surface area contributed by atoms with Crippen LogP contribution in [0.5, 0.6) is 0 Å². The minimum Gasteiger partial charge on any atom is -0.458 e. The molecule has 31 heavy (non-hydrogen) atoms. The number of allylic oxidation sites excluding steroid dienone is 11. The van der Waals surface area contributed by atoms with Gasteiger partial charge in [0.25, 0.3) is 0 Å². The number of nitrogens with one attached hydrogen (secondary N) is 1. The summed E-state index contributed by atoms with van der Waals surface area (Å²) < 4.78 is 5.97. The zero-order valence-electron chi connectivity index (χ0n) is 19.1. The van der Waals surface area contributed by atoms with Crippen LogP contribution in [0.2, 0.25) is 0 Å². The van der Waals surface area contributed by atoms with Gasteiger partial charge in [0, 0.05) is 34.9 Å². The minimum atomic E-state index is 0.0731. The molecule has 0 bridgehead atoms. The van der Waals surface area contributed by atoms with E-state index in [0.717, 1.165) is 33.9 Å². The second kappa shape index (κ2) is 9.70. The molecule has 0 saturated heterocycles. The van der Waals surface area contributed by atoms with Crippen LogP contribution in [-0.2, 0) is 4.74 Å². The van der Waals surface area contributed by atoms with Crippen molar-refractivity contribution in [2.75, 3.05) is 5.32 Å². The second-order valence-electron chi connectivity index (χ2n) is 8.41. The van der Waals surface area contributed by atoms with Gasteiger partial charge in [-0.1, -0.05) is 89.1 Å². The molecule has 1 aliphatic heterocycles. The lowest BCUT2D eigenvalue weighted by molar-refractivity contribution is 0.327. The topological polar surface area (TPSA) is 21.3 Å². The van der Waals surface area contributed by atoms with E-state index in [1.54, 1.807) is 0 Å². The molecule has 2 atom stereocenters. The molecule has 0 saturated carbocycles. The molecule has 0 fully saturated rings. The van der Waals surface area contributed by atoms with Gasteiger partial charge in [0.2, 0.25) is 0 Å². The molecule has 0 radical (unpaired) electrons. The van der Waals surface area contributed by atoms with Crippen LogP contribution in [0, 0.1) is 17.8 Å². The predicted molar refractivity (Wildman–Crippen MR) is 134 cm³/mol. The van der Waals surface area contributed by atoms with Crippen molar-refractivity contribution in [3.8, 4) is 0 Å². The van der Waals surface area contributed by atoms with Crippen molar-refractivity contribution in [2.45, 2.75) is 27.7 Å². The van der Waals surface area contributed by atoms with Crippen LogP contribution in [0.4, 0.5) is 5.69 Å². The van der Waals surface area contributed by atoms with E-state index in [2.05, 4.69) is 88.3 Å². The van der Waals surface area contributed by atoms with E-state index >= 15 is 0 Å². The fourth-order valence-electron chi connectivity index (χ4n) is 3.60. The highest BCUT2D eigenvalue weighted by Crippen LogP contribution is 2.43. The molecule has 3 rings (SSSR count). The van der Waals surface area contributed by atoms with Crippen LogP contribution in [0.3, 0.4) is 0 Å². The van der Waals surface area contributed by atoms with Crippen LogP contribution in [0.25, 0.3) is 5.57 Å². The number of hydrogen-bond acceptors (Lipinski definition) is 2. The van der Waals surface area contributed by atoms with Crippen molar-refractivity contribution in [3.63, 3.8) is 0 Å². The first-order chi connectivity index (χ1) is 14.8. The molecular formula is C29H33NO. The Morgan fingerprint density at radius 1 is 1.16 bits per heavy atom. The highest BCUT2D eigenvalue weighted by Gasteiger charge is 2.28. The van der Waals surface area contributed by atoms with E-state index < -0.39 is 0 Å². The minimum absolute atomic E-state index is 0.0731. The zero-order valence-corrected chi connectivity index (χ0v) is 19.1. The van der Waals surface area contributed by atoms with Gasteiger partial charge in [-0.3, -0.25) is 0 Å². The van der Waals surface area contributed by atoms with E-state index in [4.69, 9.17) is 4.74 Å². The van der Waals surface area contributed by atoms with E-state index in [9.17, 15) is 0 Å². The van der Waals surface area contributed by atoms with Crippen LogP contribution >= 0.6 is 0 Å². The average molecular weight is 412 g/mol. The van der Waals surface area contributed by atoms with Gasteiger partial charge in [-0.25, -0.2) is 0 Å². The molecule has 2 heteroatoms. The summed E-state index contributed by atoms with van der Waals surface area (Å²) in [5.74, 6) is 2.14. The summed E-state index contributed by atoms with van der Waals surface area (Å²) in [7, 11) is 0. The molecule has 0 amide bonds. The zero-order chi connectivity index (χ0) is 22.5. The Bertz CT molecular complexity index is 1040. The summed E-state index contributed by atoms with van der Waals surface area (Å²) in [4.78, 5) is 0. The molecule has 2 aliphatic rings. The lowest BCUT2D eigenvalue weighted by Crippen LogP contribution is -2.12. The number of benzene rings is 1. The van der Waals surface area contributed by atoms with Gasteiger partial charge in [0.15, 0.2) is 0 Å². The van der Waals surface area contributed by atoms with Gasteiger partial charge in [0.1, 0.15) is 11.5 Å². The Hall–Kier alpha value is -3.26. The molecule has 2 nitrogen and oxygen atoms in total. The van der Waals surface area contributed by atoms with Crippen LogP contribution < -0.4 is 5.32 Å². The molecule has 0 spiro atoms. The molecule has 1 aromatic rings. The summed E-state index contributed by atoms with van der Waals surface area (Å²) >= 11 is 0. The second-order valence-corrected chi connectivity index (χ2v) is 8.41. The van der Waals surface area contributed by atoms with Crippen molar-refractivity contribution in [1.82, 2.24) is 0 Å². The quantitative estimate of drug-likeness (QED) is 0.459. The molecule has 2 unspecified atom stereocenters. The Kier molecular flexibility index (Phi) is 7.02. The fraction of sp³-hybridized carbons (Fsp3) is 0.241. The summed E-state index contributed by atoms with van der Waals surface area (Å²) in [6, 6.07) is 8.31. The number of rotatable bonds is 7. The third kappa shape index (κ3) is 5.46. The lowest BCUT2D eigenvalue weighted by Gasteiger charge is -2.21. The standard InChI is InChI=1S/C29H33NO/c1-8-9-10-13-24-18-26(24)23(7)25-14-11-12-15-27(25)30-28-17-20(4)31-29(16-19(2)3)22(6)21(28)5/h8-19,21,26,30H,4,6-7H2,1-3,5H3/b9-8-,13-10-,29-16+. The molecule has 1 N–H and O–H groups in total. The predicted octanol–water partition coefficient (Wildman–Crippen LogP) is 7.96. The summed E-state index contributed by atoms with van der Waals surface area (Å²) in [5, 5.41) is 3.62. The largest absolute Gasteiger partial charge is 0.458 e. The first-order valence-corrected chi connectivity index (χ1v) is 10.9.